The summed E-state index contributed by atoms with van der Waals surface area (Å²) in [7, 11) is 0. The van der Waals surface area contributed by atoms with Crippen LogP contribution in [0.5, 0.6) is 0 Å². The van der Waals surface area contributed by atoms with E-state index in [0.717, 1.165) is 42.5 Å². The zero-order valence-electron chi connectivity index (χ0n) is 11.7. The average Bonchev–Trinajstić information content (AvgIpc) is 2.80. The van der Waals surface area contributed by atoms with Crippen LogP contribution in [0.25, 0.3) is 10.7 Å². The second-order valence-corrected chi connectivity index (χ2v) is 8.43. The van der Waals surface area contributed by atoms with Crippen molar-refractivity contribution in [3.63, 3.8) is 0 Å². The third-order valence-corrected chi connectivity index (χ3v) is 5.41. The zero-order chi connectivity index (χ0) is 14.7. The highest BCUT2D eigenvalue weighted by atomic mass is 127. The molecule has 0 bridgehead atoms. The second-order valence-electron chi connectivity index (χ2n) is 4.89. The number of hydrogen-bond donors (Lipinski definition) is 1. The van der Waals surface area contributed by atoms with Gasteiger partial charge in [0.25, 0.3) is 0 Å². The topological polar surface area (TPSA) is 37.8 Å². The number of nitrogens with one attached hydrogen (secondary N) is 1. The summed E-state index contributed by atoms with van der Waals surface area (Å²) in [6, 6.07) is 4.10. The van der Waals surface area contributed by atoms with Gasteiger partial charge in [0.15, 0.2) is 5.82 Å². The number of nitrogens with zero attached hydrogens (tertiary/aromatic N) is 2. The molecule has 0 aliphatic rings. The summed E-state index contributed by atoms with van der Waals surface area (Å²) in [5, 5.41) is 3.34. The van der Waals surface area contributed by atoms with Crippen LogP contribution in [-0.4, -0.2) is 16.5 Å². The second kappa shape index (κ2) is 7.17. The molecule has 0 fully saturated rings. The number of aromatic nitrogens is 2. The fraction of sp³-hybridized carbons (Fsp3) is 0.429. The van der Waals surface area contributed by atoms with Gasteiger partial charge in [0.2, 0.25) is 0 Å². The molecule has 0 spiro atoms. The minimum Gasteiger partial charge on any atom is -0.369 e. The third kappa shape index (κ3) is 3.92. The van der Waals surface area contributed by atoms with Crippen LogP contribution in [-0.2, 0) is 6.42 Å². The van der Waals surface area contributed by atoms with Crippen molar-refractivity contribution in [3.8, 4) is 10.7 Å². The van der Waals surface area contributed by atoms with Gasteiger partial charge < -0.3 is 5.32 Å². The van der Waals surface area contributed by atoms with Crippen LogP contribution in [0.4, 0.5) is 5.82 Å². The Morgan fingerprint density at radius 2 is 2.10 bits per heavy atom. The first-order valence-corrected chi connectivity index (χ1v) is 9.26. The van der Waals surface area contributed by atoms with Gasteiger partial charge >= 0.3 is 0 Å². The van der Waals surface area contributed by atoms with E-state index < -0.39 is 0 Å². The Bertz CT molecular complexity index is 598. The monoisotopic (exact) mass is 465 g/mol. The van der Waals surface area contributed by atoms with Crippen LogP contribution in [0.1, 0.15) is 26.5 Å². The van der Waals surface area contributed by atoms with E-state index in [1.165, 1.54) is 0 Å². The fourth-order valence-corrected chi connectivity index (χ4v) is 3.82. The van der Waals surface area contributed by atoms with Crippen molar-refractivity contribution in [1.29, 1.82) is 0 Å². The lowest BCUT2D eigenvalue weighted by molar-refractivity contribution is 0.632. The first kappa shape index (κ1) is 16.2. The lowest BCUT2D eigenvalue weighted by Crippen LogP contribution is -2.09. The minimum atomic E-state index is 0.579. The van der Waals surface area contributed by atoms with Gasteiger partial charge in [-0.25, -0.2) is 9.97 Å². The van der Waals surface area contributed by atoms with Crippen LogP contribution in [0.2, 0.25) is 0 Å². The van der Waals surface area contributed by atoms with E-state index in [9.17, 15) is 0 Å². The molecule has 0 aliphatic carbocycles. The number of thiophene rings is 1. The first-order valence-electron chi connectivity index (χ1n) is 6.57. The van der Waals surface area contributed by atoms with Crippen molar-refractivity contribution in [2.45, 2.75) is 27.2 Å². The molecule has 20 heavy (non-hydrogen) atoms. The molecule has 2 heterocycles. The highest BCUT2D eigenvalue weighted by Crippen LogP contribution is 2.32. The number of hydrogen-bond acceptors (Lipinski definition) is 4. The van der Waals surface area contributed by atoms with E-state index in [1.807, 2.05) is 6.07 Å². The molecule has 1 N–H and O–H groups in total. The molecule has 0 saturated carbocycles. The van der Waals surface area contributed by atoms with E-state index in [1.54, 1.807) is 11.3 Å². The first-order chi connectivity index (χ1) is 9.51. The Morgan fingerprint density at radius 1 is 1.35 bits per heavy atom. The Balaban J connectivity index is 2.49. The summed E-state index contributed by atoms with van der Waals surface area (Å²) < 4.78 is 2.24. The van der Waals surface area contributed by atoms with Crippen LogP contribution < -0.4 is 5.32 Å². The van der Waals surface area contributed by atoms with Gasteiger partial charge in [-0.05, 0) is 69.9 Å². The molecule has 0 aromatic carbocycles. The Labute approximate surface area is 145 Å². The predicted octanol–water partition coefficient (Wildman–Crippen LogP) is 5.20. The zero-order valence-corrected chi connectivity index (χ0v) is 16.3. The Morgan fingerprint density at radius 3 is 2.65 bits per heavy atom. The van der Waals surface area contributed by atoms with Crippen LogP contribution in [0.15, 0.2) is 15.9 Å². The molecule has 108 valence electrons. The van der Waals surface area contributed by atoms with E-state index in [-0.39, 0.29) is 0 Å². The van der Waals surface area contributed by atoms with E-state index in [0.29, 0.717) is 5.92 Å². The van der Waals surface area contributed by atoms with Crippen molar-refractivity contribution in [1.82, 2.24) is 9.97 Å². The predicted molar refractivity (Wildman–Crippen MR) is 98.5 cm³/mol. The molecular formula is C14H17BrIN3S. The smallest absolute Gasteiger partial charge is 0.171 e. The van der Waals surface area contributed by atoms with Crippen molar-refractivity contribution in [2.75, 3.05) is 11.9 Å². The van der Waals surface area contributed by atoms with Gasteiger partial charge in [-0.2, -0.15) is 0 Å². The highest BCUT2D eigenvalue weighted by molar-refractivity contribution is 14.1. The standard InChI is InChI=1S/C14H17BrIN3S/c1-4-17-14-12(16)9(7-8(2)3)18-13(19-14)10-5-6-11(15)20-10/h5-6,8H,4,7H2,1-3H3,(H,17,18,19). The third-order valence-electron chi connectivity index (χ3n) is 2.66. The van der Waals surface area contributed by atoms with Gasteiger partial charge in [-0.15, -0.1) is 11.3 Å². The maximum Gasteiger partial charge on any atom is 0.171 e. The fourth-order valence-electron chi connectivity index (χ4n) is 1.84. The van der Waals surface area contributed by atoms with Crippen LogP contribution in [0, 0.1) is 9.49 Å². The van der Waals surface area contributed by atoms with Gasteiger partial charge in [0.05, 0.1) is 17.9 Å². The highest BCUT2D eigenvalue weighted by Gasteiger charge is 2.15. The SMILES string of the molecule is CCNc1nc(-c2ccc(Br)s2)nc(CC(C)C)c1I. The van der Waals surface area contributed by atoms with Gasteiger partial charge in [-0.1, -0.05) is 13.8 Å². The van der Waals surface area contributed by atoms with Crippen molar-refractivity contribution >= 4 is 55.7 Å². The lowest BCUT2D eigenvalue weighted by atomic mass is 10.1. The Hall–Kier alpha value is -0.210. The summed E-state index contributed by atoms with van der Waals surface area (Å²) in [6.07, 6.45) is 0.971. The average molecular weight is 466 g/mol. The van der Waals surface area contributed by atoms with Crippen LogP contribution >= 0.6 is 49.9 Å². The Kier molecular flexibility index (Phi) is 5.80. The lowest BCUT2D eigenvalue weighted by Gasteiger charge is -2.13. The summed E-state index contributed by atoms with van der Waals surface area (Å²) in [6.45, 7) is 7.38. The maximum atomic E-state index is 4.77. The van der Waals surface area contributed by atoms with Crippen molar-refractivity contribution < 1.29 is 0 Å². The number of anilines is 1. The molecule has 0 atom stereocenters. The maximum absolute atomic E-state index is 4.77. The van der Waals surface area contributed by atoms with Crippen molar-refractivity contribution in [2.24, 2.45) is 5.92 Å². The minimum absolute atomic E-state index is 0.579. The van der Waals surface area contributed by atoms with Crippen molar-refractivity contribution in [3.05, 3.63) is 25.2 Å². The van der Waals surface area contributed by atoms with Gasteiger partial charge in [-0.3, -0.25) is 0 Å². The molecule has 6 heteroatoms. The van der Waals surface area contributed by atoms with Crippen LogP contribution in [0.3, 0.4) is 0 Å². The van der Waals surface area contributed by atoms with Gasteiger partial charge in [0, 0.05) is 6.54 Å². The molecule has 0 unspecified atom stereocenters. The van der Waals surface area contributed by atoms with E-state index >= 15 is 0 Å². The molecule has 3 nitrogen and oxygen atoms in total. The molecule has 2 rings (SSSR count). The summed E-state index contributed by atoms with van der Waals surface area (Å²) >= 11 is 7.51. The molecule has 2 aromatic heterocycles. The summed E-state index contributed by atoms with van der Waals surface area (Å²) in [4.78, 5) is 10.5. The largest absolute Gasteiger partial charge is 0.369 e. The normalized spacial score (nSPS) is 11.1. The molecule has 0 aliphatic heterocycles. The molecular weight excluding hydrogens is 449 g/mol. The van der Waals surface area contributed by atoms with E-state index in [4.69, 9.17) is 4.98 Å². The molecule has 0 saturated heterocycles. The summed E-state index contributed by atoms with van der Waals surface area (Å²) in [5.74, 6) is 2.34. The quantitative estimate of drug-likeness (QED) is 0.616. The molecule has 0 amide bonds. The number of rotatable bonds is 5. The van der Waals surface area contributed by atoms with Gasteiger partial charge in [0.1, 0.15) is 5.82 Å². The molecule has 0 radical (unpaired) electrons. The number of halogens is 2. The molecule has 2 aromatic rings. The van der Waals surface area contributed by atoms with E-state index in [2.05, 4.69) is 75.7 Å². The summed E-state index contributed by atoms with van der Waals surface area (Å²) in [5.41, 5.74) is 1.13.